The zero-order valence-corrected chi connectivity index (χ0v) is 18.9. The molecule has 0 unspecified atom stereocenters. The standard InChI is InChI=1S/C19H20N8O5.BrH/c28-14(23-13-1-4-20-9-21-13)8-27-5-2-11(3-6-27)12(7-27)32-19(31)26-10-22-15-16(26)24-18(30)25-17(15)29;/h1,4,9-12H,2-3,5-8H2,(H2-,20,21,23,24,25,28,29,30);1H/t11?,12-,27?;/m0./s1. The average molecular weight is 521 g/mol. The number of aromatic nitrogens is 6. The molecule has 33 heavy (non-hydrogen) atoms. The topological polar surface area (TPSA) is 165 Å². The number of halogens is 1. The molecule has 2 bridgehead atoms. The molecule has 14 heteroatoms. The van der Waals surface area contributed by atoms with Crippen LogP contribution in [0.2, 0.25) is 0 Å². The smallest absolute Gasteiger partial charge is 0.421 e. The Bertz CT molecular complexity index is 1290. The Morgan fingerprint density at radius 3 is 2.73 bits per heavy atom. The Morgan fingerprint density at radius 2 is 2.00 bits per heavy atom. The largest absolute Gasteiger partial charge is 1.00 e. The Kier molecular flexibility index (Phi) is 6.12. The van der Waals surface area contributed by atoms with Gasteiger partial charge in [0, 0.05) is 25.0 Å². The van der Waals surface area contributed by atoms with E-state index >= 15 is 0 Å². The van der Waals surface area contributed by atoms with Gasteiger partial charge in [-0.3, -0.25) is 19.6 Å². The molecule has 3 N–H and O–H groups in total. The van der Waals surface area contributed by atoms with Crippen molar-refractivity contribution in [3.63, 3.8) is 0 Å². The van der Waals surface area contributed by atoms with Gasteiger partial charge in [-0.2, -0.15) is 0 Å². The lowest BCUT2D eigenvalue weighted by Crippen LogP contribution is -3.00. The van der Waals surface area contributed by atoms with E-state index in [2.05, 4.69) is 30.2 Å². The van der Waals surface area contributed by atoms with Crippen LogP contribution >= 0.6 is 0 Å². The maximum absolute atomic E-state index is 12.8. The average Bonchev–Trinajstić information content (AvgIpc) is 3.19. The molecule has 0 aromatic carbocycles. The fourth-order valence-corrected chi connectivity index (χ4v) is 4.69. The first-order valence-corrected chi connectivity index (χ1v) is 10.2. The fraction of sp³-hybridized carbons (Fsp3) is 0.421. The molecule has 3 aliphatic rings. The van der Waals surface area contributed by atoms with Crippen LogP contribution in [-0.2, 0) is 9.53 Å². The summed E-state index contributed by atoms with van der Waals surface area (Å²) in [5.74, 6) is 0.474. The summed E-state index contributed by atoms with van der Waals surface area (Å²) in [4.78, 5) is 65.1. The predicted molar refractivity (Wildman–Crippen MR) is 110 cm³/mol. The van der Waals surface area contributed by atoms with Gasteiger partial charge in [0.15, 0.2) is 23.8 Å². The van der Waals surface area contributed by atoms with E-state index in [1.165, 1.54) is 6.33 Å². The highest BCUT2D eigenvalue weighted by Gasteiger charge is 2.48. The van der Waals surface area contributed by atoms with Gasteiger partial charge in [0.1, 0.15) is 25.0 Å². The van der Waals surface area contributed by atoms with Crippen LogP contribution in [0.1, 0.15) is 12.8 Å². The zero-order chi connectivity index (χ0) is 22.3. The number of carbonyl (C=O) groups is 2. The monoisotopic (exact) mass is 520 g/mol. The number of quaternary nitrogens is 1. The van der Waals surface area contributed by atoms with Crippen LogP contribution in [0.5, 0.6) is 0 Å². The molecule has 3 aromatic rings. The first-order valence-electron chi connectivity index (χ1n) is 10.2. The number of carbonyl (C=O) groups excluding carboxylic acids is 2. The summed E-state index contributed by atoms with van der Waals surface area (Å²) < 4.78 is 7.31. The van der Waals surface area contributed by atoms with Gasteiger partial charge in [0.05, 0.1) is 13.1 Å². The van der Waals surface area contributed by atoms with Crippen molar-refractivity contribution >= 4 is 29.0 Å². The number of ether oxygens (including phenoxy) is 1. The van der Waals surface area contributed by atoms with Crippen molar-refractivity contribution in [2.75, 3.05) is 31.5 Å². The van der Waals surface area contributed by atoms with Gasteiger partial charge in [-0.25, -0.2) is 29.1 Å². The van der Waals surface area contributed by atoms with Gasteiger partial charge < -0.3 is 31.5 Å². The number of amides is 1. The minimum atomic E-state index is -0.737. The first kappa shape index (κ1) is 22.8. The summed E-state index contributed by atoms with van der Waals surface area (Å²) in [6.45, 7) is 2.41. The fourth-order valence-electron chi connectivity index (χ4n) is 4.69. The summed E-state index contributed by atoms with van der Waals surface area (Å²) in [5, 5.41) is 2.78. The van der Waals surface area contributed by atoms with Crippen LogP contribution in [0.3, 0.4) is 0 Å². The number of fused-ring (bicyclic) bond motifs is 4. The van der Waals surface area contributed by atoms with Crippen molar-refractivity contribution in [3.8, 4) is 0 Å². The number of anilines is 1. The van der Waals surface area contributed by atoms with Crippen LogP contribution in [0, 0.1) is 5.92 Å². The van der Waals surface area contributed by atoms with Gasteiger partial charge in [0.25, 0.3) is 11.5 Å². The summed E-state index contributed by atoms with van der Waals surface area (Å²) >= 11 is 0. The van der Waals surface area contributed by atoms with Crippen molar-refractivity contribution < 1.29 is 35.8 Å². The van der Waals surface area contributed by atoms with E-state index in [1.54, 1.807) is 12.3 Å². The second kappa shape index (κ2) is 8.86. The highest BCUT2D eigenvalue weighted by atomic mass is 79.9. The van der Waals surface area contributed by atoms with Crippen LogP contribution in [0.4, 0.5) is 10.6 Å². The quantitative estimate of drug-likeness (QED) is 0.297. The Balaban J connectivity index is 0.00000259. The second-order valence-electron chi connectivity index (χ2n) is 8.25. The Morgan fingerprint density at radius 1 is 1.21 bits per heavy atom. The third-order valence-electron chi connectivity index (χ3n) is 6.26. The maximum Gasteiger partial charge on any atom is 0.421 e. The molecule has 6 heterocycles. The molecular formula is C19H21BrN8O5. The predicted octanol–water partition coefficient (Wildman–Crippen LogP) is -3.56. The number of aromatic amines is 2. The first-order chi connectivity index (χ1) is 15.4. The van der Waals surface area contributed by atoms with Crippen LogP contribution in [0.15, 0.2) is 34.5 Å². The lowest BCUT2D eigenvalue weighted by Gasteiger charge is -2.51. The van der Waals surface area contributed by atoms with Crippen molar-refractivity contribution in [3.05, 3.63) is 45.8 Å². The minimum absolute atomic E-state index is 0. The molecule has 0 radical (unpaired) electrons. The normalized spacial score (nSPS) is 23.6. The number of imidazole rings is 1. The Labute approximate surface area is 196 Å². The number of nitrogens with one attached hydrogen (secondary N) is 3. The minimum Gasteiger partial charge on any atom is -1.00 e. The molecule has 3 aromatic heterocycles. The summed E-state index contributed by atoms with van der Waals surface area (Å²) in [7, 11) is 0. The molecule has 13 nitrogen and oxygen atoms in total. The van der Waals surface area contributed by atoms with Gasteiger partial charge in [-0.05, 0) is 6.07 Å². The third-order valence-corrected chi connectivity index (χ3v) is 6.26. The van der Waals surface area contributed by atoms with E-state index in [-0.39, 0.29) is 52.6 Å². The van der Waals surface area contributed by atoms with Crippen molar-refractivity contribution in [2.45, 2.75) is 18.9 Å². The van der Waals surface area contributed by atoms with E-state index in [0.717, 1.165) is 36.8 Å². The van der Waals surface area contributed by atoms with E-state index in [9.17, 15) is 19.2 Å². The number of hydrogen-bond acceptors (Lipinski definition) is 8. The molecular weight excluding hydrogens is 500 g/mol. The Hall–Kier alpha value is -3.39. The SMILES string of the molecule is O=C(C[N+]12CCC(CC1)[C@@H](OC(=O)n1cnc3c(=O)[nH]c(=O)[nH]c31)C2)Nc1ccncn1.[Br-]. The molecule has 1 amide bonds. The van der Waals surface area contributed by atoms with Crippen molar-refractivity contribution in [2.24, 2.45) is 5.92 Å². The number of piperidine rings is 3. The van der Waals surface area contributed by atoms with Crippen LogP contribution in [-0.4, -0.2) is 78.3 Å². The molecule has 0 spiro atoms. The van der Waals surface area contributed by atoms with Crippen LogP contribution < -0.4 is 33.5 Å². The van der Waals surface area contributed by atoms with E-state index in [4.69, 9.17) is 4.74 Å². The van der Waals surface area contributed by atoms with E-state index in [1.807, 2.05) is 0 Å². The van der Waals surface area contributed by atoms with Gasteiger partial charge in [-0.1, -0.05) is 0 Å². The maximum atomic E-state index is 12.8. The second-order valence-corrected chi connectivity index (χ2v) is 8.25. The zero-order valence-electron chi connectivity index (χ0n) is 17.4. The molecule has 0 aliphatic carbocycles. The van der Waals surface area contributed by atoms with Crippen molar-refractivity contribution in [1.82, 2.24) is 29.5 Å². The number of hydrogen-bond donors (Lipinski definition) is 3. The van der Waals surface area contributed by atoms with Crippen molar-refractivity contribution in [1.29, 1.82) is 0 Å². The summed E-state index contributed by atoms with van der Waals surface area (Å²) in [6, 6.07) is 1.62. The molecule has 0 saturated carbocycles. The molecule has 3 fully saturated rings. The van der Waals surface area contributed by atoms with Gasteiger partial charge in [0.2, 0.25) is 0 Å². The number of H-pyrrole nitrogens is 2. The summed E-state index contributed by atoms with van der Waals surface area (Å²) in [6.07, 6.45) is 4.63. The van der Waals surface area contributed by atoms with E-state index in [0.29, 0.717) is 16.8 Å². The lowest BCUT2D eigenvalue weighted by atomic mass is 9.83. The van der Waals surface area contributed by atoms with Crippen LogP contribution in [0.25, 0.3) is 11.2 Å². The molecule has 1 atom stereocenters. The molecule has 6 rings (SSSR count). The number of rotatable bonds is 4. The lowest BCUT2D eigenvalue weighted by molar-refractivity contribution is -0.938. The molecule has 3 saturated heterocycles. The summed E-state index contributed by atoms with van der Waals surface area (Å²) in [5.41, 5.74) is -1.49. The third kappa shape index (κ3) is 4.43. The highest BCUT2D eigenvalue weighted by Crippen LogP contribution is 2.35. The van der Waals surface area contributed by atoms with Gasteiger partial charge >= 0.3 is 11.8 Å². The van der Waals surface area contributed by atoms with E-state index < -0.39 is 17.3 Å². The van der Waals surface area contributed by atoms with Gasteiger partial charge in [-0.15, -0.1) is 0 Å². The highest BCUT2D eigenvalue weighted by molar-refractivity contribution is 5.90. The number of nitrogens with zero attached hydrogens (tertiary/aromatic N) is 5. The molecule has 3 aliphatic heterocycles. The molecule has 174 valence electrons.